The molecule has 0 saturated heterocycles. The zero-order valence-corrected chi connectivity index (χ0v) is 25.7. The van der Waals surface area contributed by atoms with Gasteiger partial charge in [-0.1, -0.05) is 79.0 Å². The molecule has 0 unspecified atom stereocenters. The van der Waals surface area contributed by atoms with E-state index in [1.165, 1.54) is 23.1 Å². The molecule has 0 bridgehead atoms. The predicted molar refractivity (Wildman–Crippen MR) is 164 cm³/mol. The molecule has 3 aromatic carbocycles. The van der Waals surface area contributed by atoms with Crippen molar-refractivity contribution in [3.63, 3.8) is 0 Å². The van der Waals surface area contributed by atoms with Crippen LogP contribution in [-0.4, -0.2) is 57.6 Å². The summed E-state index contributed by atoms with van der Waals surface area (Å²) in [5, 5.41) is 3.35. The van der Waals surface area contributed by atoms with E-state index >= 15 is 0 Å². The van der Waals surface area contributed by atoms with Crippen molar-refractivity contribution in [2.24, 2.45) is 0 Å². The van der Waals surface area contributed by atoms with E-state index in [-0.39, 0.29) is 29.6 Å². The number of amides is 2. The highest BCUT2D eigenvalue weighted by Crippen LogP contribution is 2.31. The summed E-state index contributed by atoms with van der Waals surface area (Å²) in [6.07, 6.45) is 2.90. The normalized spacial score (nSPS) is 11.9. The summed E-state index contributed by atoms with van der Waals surface area (Å²) >= 11 is 12.4. The zero-order valence-electron chi connectivity index (χ0n) is 23.3. The summed E-state index contributed by atoms with van der Waals surface area (Å²) in [6.45, 7) is 1.95. The number of nitrogens with one attached hydrogen (secondary N) is 1. The molecule has 0 aliphatic heterocycles. The molecule has 220 valence electrons. The van der Waals surface area contributed by atoms with E-state index in [4.69, 9.17) is 27.9 Å². The molecule has 0 aliphatic carbocycles. The van der Waals surface area contributed by atoms with Gasteiger partial charge in [0.2, 0.25) is 21.8 Å². The first-order valence-corrected chi connectivity index (χ1v) is 15.8. The zero-order chi connectivity index (χ0) is 30.0. The summed E-state index contributed by atoms with van der Waals surface area (Å²) in [5.41, 5.74) is 1.68. The number of rotatable bonds is 14. The first-order chi connectivity index (χ1) is 19.5. The molecule has 41 heavy (non-hydrogen) atoms. The Morgan fingerprint density at radius 2 is 1.68 bits per heavy atom. The predicted octanol–water partition coefficient (Wildman–Crippen LogP) is 5.32. The molecule has 0 radical (unpaired) electrons. The Labute approximate surface area is 252 Å². The monoisotopic (exact) mass is 619 g/mol. The van der Waals surface area contributed by atoms with Gasteiger partial charge >= 0.3 is 0 Å². The summed E-state index contributed by atoms with van der Waals surface area (Å²) in [4.78, 5) is 29.2. The van der Waals surface area contributed by atoms with Gasteiger partial charge in [-0.2, -0.15) is 0 Å². The van der Waals surface area contributed by atoms with Crippen molar-refractivity contribution in [1.29, 1.82) is 0 Å². The van der Waals surface area contributed by atoms with Crippen LogP contribution in [-0.2, 0) is 32.6 Å². The van der Waals surface area contributed by atoms with Crippen LogP contribution in [0, 0.1) is 0 Å². The van der Waals surface area contributed by atoms with E-state index in [0.29, 0.717) is 22.9 Å². The number of carbonyl (C=O) groups is 2. The molecule has 0 heterocycles. The molecule has 1 N–H and O–H groups in total. The van der Waals surface area contributed by atoms with Gasteiger partial charge < -0.3 is 15.0 Å². The van der Waals surface area contributed by atoms with Gasteiger partial charge in [0.15, 0.2) is 0 Å². The van der Waals surface area contributed by atoms with Crippen molar-refractivity contribution in [2.45, 2.75) is 38.8 Å². The highest BCUT2D eigenvalue weighted by Gasteiger charge is 2.33. The number of halogens is 2. The molecule has 1 atom stereocenters. The van der Waals surface area contributed by atoms with Gasteiger partial charge in [-0.3, -0.25) is 13.9 Å². The smallest absolute Gasteiger partial charge is 0.244 e. The maximum absolute atomic E-state index is 14.1. The number of unbranched alkanes of at least 4 members (excludes halogenated alkanes) is 1. The largest absolute Gasteiger partial charge is 0.497 e. The molecule has 0 aromatic heterocycles. The standard InChI is InChI=1S/C30H35Cl2N3O5S/c1-4-5-16-33-30(37)28(18-22-10-7-6-8-11-22)34(20-23-12-9-13-25(17-23)40-2)29(36)21-35(41(3,38)39)27-15-14-24(31)19-26(27)32/h6-15,17,19,28H,4-5,16,18,20-21H2,1-3H3,(H,33,37)/t28-/m0/s1. The number of anilines is 1. The van der Waals surface area contributed by atoms with Crippen LogP contribution in [0.15, 0.2) is 72.8 Å². The third kappa shape index (κ3) is 9.38. The van der Waals surface area contributed by atoms with Crippen LogP contribution in [0.2, 0.25) is 10.0 Å². The third-order valence-corrected chi connectivity index (χ3v) is 8.11. The summed E-state index contributed by atoms with van der Waals surface area (Å²) in [7, 11) is -2.41. The van der Waals surface area contributed by atoms with E-state index in [9.17, 15) is 18.0 Å². The van der Waals surface area contributed by atoms with Crippen LogP contribution < -0.4 is 14.4 Å². The number of methoxy groups -OCH3 is 1. The molecule has 3 rings (SSSR count). The lowest BCUT2D eigenvalue weighted by atomic mass is 10.0. The molecule has 3 aromatic rings. The van der Waals surface area contributed by atoms with Crippen LogP contribution in [0.25, 0.3) is 0 Å². The second kappa shape index (κ2) is 15.1. The van der Waals surface area contributed by atoms with E-state index in [1.807, 2.05) is 43.3 Å². The van der Waals surface area contributed by atoms with E-state index in [1.54, 1.807) is 25.3 Å². The highest BCUT2D eigenvalue weighted by atomic mass is 35.5. The minimum atomic E-state index is -3.95. The van der Waals surface area contributed by atoms with Crippen molar-refractivity contribution in [3.8, 4) is 5.75 Å². The molecular weight excluding hydrogens is 585 g/mol. The fraction of sp³-hybridized carbons (Fsp3) is 0.333. The van der Waals surface area contributed by atoms with Crippen molar-refractivity contribution < 1.29 is 22.7 Å². The Kier molecular flexibility index (Phi) is 11.9. The van der Waals surface area contributed by atoms with Gasteiger partial charge in [-0.25, -0.2) is 8.42 Å². The number of hydrogen-bond acceptors (Lipinski definition) is 5. The van der Waals surface area contributed by atoms with Gasteiger partial charge in [0.25, 0.3) is 0 Å². The van der Waals surface area contributed by atoms with Crippen LogP contribution in [0.3, 0.4) is 0 Å². The molecular formula is C30H35Cl2N3O5S. The maximum Gasteiger partial charge on any atom is 0.244 e. The van der Waals surface area contributed by atoms with Crippen molar-refractivity contribution >= 4 is 50.7 Å². The average Bonchev–Trinajstić information content (AvgIpc) is 2.94. The average molecular weight is 621 g/mol. The van der Waals surface area contributed by atoms with Crippen LogP contribution in [0.5, 0.6) is 5.75 Å². The van der Waals surface area contributed by atoms with Crippen LogP contribution >= 0.6 is 23.2 Å². The quantitative estimate of drug-likeness (QED) is 0.246. The number of sulfonamides is 1. The Morgan fingerprint density at radius 3 is 2.32 bits per heavy atom. The molecule has 8 nitrogen and oxygen atoms in total. The number of benzene rings is 3. The topological polar surface area (TPSA) is 96.0 Å². The molecule has 0 saturated carbocycles. The summed E-state index contributed by atoms with van der Waals surface area (Å²) < 4.78 is 32.1. The van der Waals surface area contributed by atoms with E-state index in [2.05, 4.69) is 5.32 Å². The number of carbonyl (C=O) groups excluding carboxylic acids is 2. The highest BCUT2D eigenvalue weighted by molar-refractivity contribution is 7.92. The Bertz CT molecular complexity index is 1440. The van der Waals surface area contributed by atoms with E-state index < -0.39 is 28.5 Å². The second-order valence-corrected chi connectivity index (χ2v) is 12.3. The number of ether oxygens (including phenoxy) is 1. The lowest BCUT2D eigenvalue weighted by molar-refractivity contribution is -0.140. The Morgan fingerprint density at radius 1 is 0.976 bits per heavy atom. The van der Waals surface area contributed by atoms with Crippen LogP contribution in [0.1, 0.15) is 30.9 Å². The molecule has 2 amide bonds. The van der Waals surface area contributed by atoms with Crippen molar-refractivity contribution in [2.75, 3.05) is 30.8 Å². The molecule has 0 fully saturated rings. The second-order valence-electron chi connectivity index (χ2n) is 9.59. The van der Waals surface area contributed by atoms with E-state index in [0.717, 1.165) is 29.0 Å². The van der Waals surface area contributed by atoms with Crippen LogP contribution in [0.4, 0.5) is 5.69 Å². The Hall–Kier alpha value is -3.27. The van der Waals surface area contributed by atoms with Crippen molar-refractivity contribution in [3.05, 3.63) is 94.0 Å². The minimum absolute atomic E-state index is 0.0423. The fourth-order valence-electron chi connectivity index (χ4n) is 4.31. The van der Waals surface area contributed by atoms with Gasteiger partial charge in [0, 0.05) is 24.5 Å². The fourth-order valence-corrected chi connectivity index (χ4v) is 5.73. The minimum Gasteiger partial charge on any atom is -0.497 e. The molecule has 0 aliphatic rings. The first-order valence-electron chi connectivity index (χ1n) is 13.2. The van der Waals surface area contributed by atoms with Crippen molar-refractivity contribution in [1.82, 2.24) is 10.2 Å². The van der Waals surface area contributed by atoms with Gasteiger partial charge in [-0.15, -0.1) is 0 Å². The van der Waals surface area contributed by atoms with Gasteiger partial charge in [-0.05, 0) is 47.9 Å². The summed E-state index contributed by atoms with van der Waals surface area (Å²) in [6, 6.07) is 20.0. The third-order valence-electron chi connectivity index (χ3n) is 6.45. The Balaban J connectivity index is 2.06. The SMILES string of the molecule is CCCCNC(=O)[C@H](Cc1ccccc1)N(Cc1cccc(OC)c1)C(=O)CN(c1ccc(Cl)cc1Cl)S(C)(=O)=O. The lowest BCUT2D eigenvalue weighted by Gasteiger charge is -2.33. The summed E-state index contributed by atoms with van der Waals surface area (Å²) in [5.74, 6) is -0.308. The maximum atomic E-state index is 14.1. The number of hydrogen-bond donors (Lipinski definition) is 1. The van der Waals surface area contributed by atoms with Gasteiger partial charge in [0.1, 0.15) is 18.3 Å². The first kappa shape index (κ1) is 32.2. The lowest BCUT2D eigenvalue weighted by Crippen LogP contribution is -2.53. The molecule has 0 spiro atoms. The number of nitrogens with zero attached hydrogens (tertiary/aromatic N) is 2. The van der Waals surface area contributed by atoms with Gasteiger partial charge in [0.05, 0.1) is 24.1 Å². The molecule has 11 heteroatoms.